The number of nitrogens with zero attached hydrogens (tertiary/aromatic N) is 1. The van der Waals surface area contributed by atoms with E-state index in [0.29, 0.717) is 17.9 Å². The van der Waals surface area contributed by atoms with Crippen LogP contribution in [-0.2, 0) is 9.59 Å². The number of β-lactam (4-membered cyclic amide) rings is 1. The Balaban J connectivity index is 1.64. The number of carbonyl (C=O) groups excluding carboxylic acids is 2. The van der Waals surface area contributed by atoms with Crippen LogP contribution in [0.3, 0.4) is 0 Å². The van der Waals surface area contributed by atoms with E-state index in [4.69, 9.17) is 4.74 Å². The highest BCUT2D eigenvalue weighted by molar-refractivity contribution is 8.01. The zero-order valence-corrected chi connectivity index (χ0v) is 17.2. The Morgan fingerprint density at radius 1 is 1.24 bits per heavy atom. The third kappa shape index (κ3) is 3.02. The summed E-state index contributed by atoms with van der Waals surface area (Å²) in [5.41, 5.74) is 0.383. The molecule has 2 aliphatic rings. The number of nitrogens with one attached hydrogen (secondary N) is 1. The number of hydrogen-bond acceptors (Lipinski definition) is 5. The van der Waals surface area contributed by atoms with Gasteiger partial charge in [-0.2, -0.15) is 0 Å². The predicted molar refractivity (Wildman–Crippen MR) is 110 cm³/mol. The molecule has 2 aromatic rings. The van der Waals surface area contributed by atoms with Crippen LogP contribution in [0.5, 0.6) is 5.75 Å². The summed E-state index contributed by atoms with van der Waals surface area (Å²) in [6, 6.07) is 9.46. The third-order valence-corrected chi connectivity index (χ3v) is 6.95. The summed E-state index contributed by atoms with van der Waals surface area (Å²) in [7, 11) is 0. The lowest BCUT2D eigenvalue weighted by Crippen LogP contribution is -2.70. The number of carbonyl (C=O) groups is 3. The Bertz CT molecular complexity index is 1020. The van der Waals surface area contributed by atoms with Crippen molar-refractivity contribution in [2.45, 2.75) is 43.0 Å². The summed E-state index contributed by atoms with van der Waals surface area (Å²) in [4.78, 5) is 38.9. The summed E-state index contributed by atoms with van der Waals surface area (Å²) in [5.74, 6) is -1.35. The highest BCUT2D eigenvalue weighted by Crippen LogP contribution is 2.50. The number of benzene rings is 2. The smallest absolute Gasteiger partial charge is 0.327 e. The minimum atomic E-state index is -1.03. The lowest BCUT2D eigenvalue weighted by Gasteiger charge is -2.43. The molecular weight excluding hydrogens is 392 g/mol. The average Bonchev–Trinajstić information content (AvgIpc) is 2.94. The molecule has 0 saturated carbocycles. The van der Waals surface area contributed by atoms with Crippen LogP contribution in [0, 0.1) is 0 Å². The molecule has 0 aromatic heterocycles. The van der Waals surface area contributed by atoms with Gasteiger partial charge in [-0.25, -0.2) is 4.79 Å². The van der Waals surface area contributed by atoms with Crippen molar-refractivity contribution in [3.63, 3.8) is 0 Å². The van der Waals surface area contributed by atoms with Gasteiger partial charge in [0.25, 0.3) is 5.91 Å². The van der Waals surface area contributed by atoms with E-state index in [1.165, 1.54) is 16.7 Å². The summed E-state index contributed by atoms with van der Waals surface area (Å²) in [5, 5.41) is 13.6. The second-order valence-electron chi connectivity index (χ2n) is 7.64. The molecule has 2 heterocycles. The van der Waals surface area contributed by atoms with Gasteiger partial charge in [0.15, 0.2) is 0 Å². The molecular formula is C21H22N2O5S. The van der Waals surface area contributed by atoms with Crippen LogP contribution in [0.4, 0.5) is 0 Å². The normalized spacial score (nSPS) is 24.7. The minimum Gasteiger partial charge on any atom is -0.493 e. The first-order chi connectivity index (χ1) is 13.8. The fourth-order valence-electron chi connectivity index (χ4n) is 4.12. The Morgan fingerprint density at radius 2 is 1.97 bits per heavy atom. The zero-order valence-electron chi connectivity index (χ0n) is 16.3. The second kappa shape index (κ2) is 6.95. The Kier molecular flexibility index (Phi) is 4.69. The zero-order chi connectivity index (χ0) is 20.9. The fourth-order valence-corrected chi connectivity index (χ4v) is 5.75. The molecule has 2 N–H and O–H groups in total. The van der Waals surface area contributed by atoms with Crippen molar-refractivity contribution in [1.29, 1.82) is 0 Å². The number of hydrogen-bond donors (Lipinski definition) is 2. The lowest BCUT2D eigenvalue weighted by atomic mass is 9.95. The van der Waals surface area contributed by atoms with Crippen LogP contribution in [-0.4, -0.2) is 56.6 Å². The quantitative estimate of drug-likeness (QED) is 0.730. The van der Waals surface area contributed by atoms with E-state index in [-0.39, 0.29) is 5.91 Å². The molecule has 2 aliphatic heterocycles. The number of amides is 2. The van der Waals surface area contributed by atoms with E-state index in [9.17, 15) is 19.5 Å². The molecule has 0 aliphatic carbocycles. The molecule has 2 amide bonds. The van der Waals surface area contributed by atoms with Crippen LogP contribution in [0.25, 0.3) is 10.8 Å². The van der Waals surface area contributed by atoms with E-state index in [0.717, 1.165) is 10.8 Å². The second-order valence-corrected chi connectivity index (χ2v) is 9.41. The number of rotatable bonds is 5. The largest absolute Gasteiger partial charge is 0.493 e. The summed E-state index contributed by atoms with van der Waals surface area (Å²) in [6.07, 6.45) is 0. The molecule has 4 rings (SSSR count). The van der Waals surface area contributed by atoms with E-state index in [1.807, 2.05) is 37.3 Å². The Labute approximate surface area is 172 Å². The lowest BCUT2D eigenvalue weighted by molar-refractivity contribution is -0.159. The fraction of sp³-hybridized carbons (Fsp3) is 0.381. The van der Waals surface area contributed by atoms with E-state index >= 15 is 0 Å². The SMILES string of the molecule is CCOc1ccc2ccccc2c1C(=O)N[C@H]1C(=O)N2[C@@H]1SC(C)(C)[C@@H]2C(=O)O. The molecule has 8 heteroatoms. The number of carboxylic acids is 1. The van der Waals surface area contributed by atoms with Crippen LogP contribution >= 0.6 is 11.8 Å². The summed E-state index contributed by atoms with van der Waals surface area (Å²) in [6.45, 7) is 5.85. The van der Waals surface area contributed by atoms with Crippen molar-refractivity contribution in [2.24, 2.45) is 0 Å². The molecule has 0 radical (unpaired) electrons. The monoisotopic (exact) mass is 414 g/mol. The van der Waals surface area contributed by atoms with Gasteiger partial charge in [0, 0.05) is 4.75 Å². The van der Waals surface area contributed by atoms with Gasteiger partial charge >= 0.3 is 5.97 Å². The summed E-state index contributed by atoms with van der Waals surface area (Å²) >= 11 is 1.40. The molecule has 2 fully saturated rings. The number of aliphatic carboxylic acids is 1. The highest BCUT2D eigenvalue weighted by atomic mass is 32.2. The highest BCUT2D eigenvalue weighted by Gasteiger charge is 2.64. The average molecular weight is 414 g/mol. The standard InChI is InChI=1S/C21H22N2O5S/c1-4-28-13-10-9-11-7-5-6-8-12(11)14(13)17(24)22-15-18(25)23-16(20(26)27)21(2,3)29-19(15)23/h5-10,15-16,19H,4H2,1-3H3,(H,22,24)(H,26,27)/t15-,16-,19+/m0/s1. The molecule has 0 spiro atoms. The Morgan fingerprint density at radius 3 is 2.66 bits per heavy atom. The maximum Gasteiger partial charge on any atom is 0.327 e. The molecule has 2 saturated heterocycles. The van der Waals surface area contributed by atoms with Crippen molar-refractivity contribution in [3.05, 3.63) is 42.0 Å². The van der Waals surface area contributed by atoms with Crippen LogP contribution in [0.2, 0.25) is 0 Å². The van der Waals surface area contributed by atoms with Gasteiger partial charge in [-0.15, -0.1) is 11.8 Å². The van der Waals surface area contributed by atoms with Crippen molar-refractivity contribution in [1.82, 2.24) is 10.2 Å². The summed E-state index contributed by atoms with van der Waals surface area (Å²) < 4.78 is 5.02. The molecule has 0 bridgehead atoms. The van der Waals surface area contributed by atoms with E-state index < -0.39 is 34.1 Å². The Hall–Kier alpha value is -2.74. The van der Waals surface area contributed by atoms with E-state index in [2.05, 4.69) is 5.32 Å². The topological polar surface area (TPSA) is 95.9 Å². The molecule has 152 valence electrons. The predicted octanol–water partition coefficient (Wildman–Crippen LogP) is 2.48. The van der Waals surface area contributed by atoms with Gasteiger partial charge in [-0.1, -0.05) is 30.3 Å². The first-order valence-corrected chi connectivity index (χ1v) is 10.3. The van der Waals surface area contributed by atoms with Crippen LogP contribution < -0.4 is 10.1 Å². The van der Waals surface area contributed by atoms with Gasteiger partial charge < -0.3 is 20.1 Å². The van der Waals surface area contributed by atoms with Crippen LogP contribution in [0.1, 0.15) is 31.1 Å². The number of carboxylic acid groups (broad SMARTS) is 1. The van der Waals surface area contributed by atoms with Gasteiger partial charge in [-0.3, -0.25) is 9.59 Å². The van der Waals surface area contributed by atoms with E-state index in [1.54, 1.807) is 19.9 Å². The van der Waals surface area contributed by atoms with Crippen LogP contribution in [0.15, 0.2) is 36.4 Å². The van der Waals surface area contributed by atoms with Gasteiger partial charge in [-0.05, 0) is 37.6 Å². The number of fused-ring (bicyclic) bond motifs is 2. The van der Waals surface area contributed by atoms with Gasteiger partial charge in [0.1, 0.15) is 23.2 Å². The van der Waals surface area contributed by atoms with Crippen molar-refractivity contribution in [2.75, 3.05) is 6.61 Å². The molecule has 7 nitrogen and oxygen atoms in total. The molecule has 2 aromatic carbocycles. The first-order valence-electron chi connectivity index (χ1n) is 9.44. The maximum atomic E-state index is 13.2. The molecule has 29 heavy (non-hydrogen) atoms. The maximum absolute atomic E-state index is 13.2. The number of thioether (sulfide) groups is 1. The van der Waals surface area contributed by atoms with Gasteiger partial charge in [0.05, 0.1) is 12.2 Å². The van der Waals surface area contributed by atoms with Crippen molar-refractivity contribution < 1.29 is 24.2 Å². The minimum absolute atomic E-state index is 0.368. The molecule has 0 unspecified atom stereocenters. The van der Waals surface area contributed by atoms with Crippen molar-refractivity contribution >= 4 is 40.3 Å². The first kappa shape index (κ1) is 19.6. The molecule has 3 atom stereocenters. The number of ether oxygens (including phenoxy) is 1. The van der Waals surface area contributed by atoms with Crippen molar-refractivity contribution in [3.8, 4) is 5.75 Å². The van der Waals surface area contributed by atoms with Gasteiger partial charge in [0.2, 0.25) is 5.91 Å². The third-order valence-electron chi connectivity index (χ3n) is 5.38.